The molecule has 2 aromatic carbocycles. The highest BCUT2D eigenvalue weighted by molar-refractivity contribution is 8.76. The molecule has 10 heteroatoms. The minimum absolute atomic E-state index is 0.0145. The van der Waals surface area contributed by atoms with Gasteiger partial charge in [0.05, 0.1) is 11.1 Å². The second-order valence-electron chi connectivity index (χ2n) is 12.8. The van der Waals surface area contributed by atoms with Crippen molar-refractivity contribution in [3.63, 3.8) is 0 Å². The fourth-order valence-electron chi connectivity index (χ4n) is 6.81. The maximum absolute atomic E-state index is 13.6. The van der Waals surface area contributed by atoms with Crippen molar-refractivity contribution in [1.29, 1.82) is 0 Å². The lowest BCUT2D eigenvalue weighted by atomic mass is 9.84. The van der Waals surface area contributed by atoms with E-state index in [1.807, 2.05) is 36.4 Å². The highest BCUT2D eigenvalue weighted by Gasteiger charge is 2.25. The Kier molecular flexibility index (Phi) is 14.8. The summed E-state index contributed by atoms with van der Waals surface area (Å²) in [5, 5.41) is 24.9. The summed E-state index contributed by atoms with van der Waals surface area (Å²) >= 11 is 0. The largest absolute Gasteiger partial charge is 0.481 e. The second kappa shape index (κ2) is 19.0. The highest BCUT2D eigenvalue weighted by atomic mass is 33.1. The predicted molar refractivity (Wildman–Crippen MR) is 183 cm³/mol. The Hall–Kier alpha value is -2.98. The number of amides is 2. The van der Waals surface area contributed by atoms with Gasteiger partial charge in [0, 0.05) is 34.7 Å². The SMILES string of the molecule is O=C(O)CC[C@H](CC1CCCCC1)NC(=O)c1ccccc1SSc1ccccc1C(=O)N[C@H](CCC(=O)O)CC1CCCCC1. The first kappa shape index (κ1) is 35.9. The first-order valence-corrected chi connectivity index (χ1v) is 19.0. The number of carboxylic acids is 2. The fourth-order valence-corrected chi connectivity index (χ4v) is 9.17. The van der Waals surface area contributed by atoms with E-state index in [-0.39, 0.29) is 36.7 Å². The van der Waals surface area contributed by atoms with Crippen molar-refractivity contribution in [1.82, 2.24) is 10.6 Å². The number of carboxylic acid groups (broad SMARTS) is 2. The maximum atomic E-state index is 13.6. The van der Waals surface area contributed by atoms with Crippen LogP contribution in [0.3, 0.4) is 0 Å². The molecule has 0 bridgehead atoms. The summed E-state index contributed by atoms with van der Waals surface area (Å²) in [4.78, 5) is 51.3. The molecule has 0 radical (unpaired) electrons. The zero-order chi connectivity index (χ0) is 32.7. The van der Waals surface area contributed by atoms with E-state index >= 15 is 0 Å². The van der Waals surface area contributed by atoms with Crippen LogP contribution in [0.1, 0.15) is 123 Å². The normalized spacial score (nSPS) is 17.1. The Bertz CT molecular complexity index is 1210. The molecule has 2 aliphatic rings. The zero-order valence-electron chi connectivity index (χ0n) is 26.6. The minimum atomic E-state index is -0.861. The molecule has 4 rings (SSSR count). The summed E-state index contributed by atoms with van der Waals surface area (Å²) in [7, 11) is 2.81. The van der Waals surface area contributed by atoms with Gasteiger partial charge in [-0.25, -0.2) is 0 Å². The quantitative estimate of drug-likeness (QED) is 0.124. The van der Waals surface area contributed by atoms with E-state index in [9.17, 15) is 29.4 Å². The minimum Gasteiger partial charge on any atom is -0.481 e. The third-order valence-electron chi connectivity index (χ3n) is 9.25. The summed E-state index contributed by atoms with van der Waals surface area (Å²) in [6.07, 6.45) is 14.1. The van der Waals surface area contributed by atoms with Gasteiger partial charge < -0.3 is 20.8 Å². The molecule has 2 amide bonds. The first-order chi connectivity index (χ1) is 22.3. The second-order valence-corrected chi connectivity index (χ2v) is 15.1. The van der Waals surface area contributed by atoms with Gasteiger partial charge in [0.2, 0.25) is 0 Å². The molecule has 4 N–H and O–H groups in total. The van der Waals surface area contributed by atoms with Crippen LogP contribution in [0.15, 0.2) is 58.3 Å². The van der Waals surface area contributed by atoms with Crippen molar-refractivity contribution in [3.8, 4) is 0 Å². The number of benzene rings is 2. The van der Waals surface area contributed by atoms with Crippen LogP contribution in [-0.4, -0.2) is 46.0 Å². The van der Waals surface area contributed by atoms with E-state index in [1.54, 1.807) is 12.1 Å². The van der Waals surface area contributed by atoms with E-state index in [0.717, 1.165) is 48.3 Å². The number of hydrogen-bond acceptors (Lipinski definition) is 6. The van der Waals surface area contributed by atoms with Gasteiger partial charge in [-0.3, -0.25) is 19.2 Å². The number of hydrogen-bond donors (Lipinski definition) is 4. The van der Waals surface area contributed by atoms with Gasteiger partial charge in [0.15, 0.2) is 0 Å². The number of carbonyl (C=O) groups excluding carboxylic acids is 2. The molecule has 0 unspecified atom stereocenters. The average Bonchev–Trinajstić information content (AvgIpc) is 3.06. The lowest BCUT2D eigenvalue weighted by Gasteiger charge is -2.27. The molecule has 2 aromatic rings. The van der Waals surface area contributed by atoms with Crippen molar-refractivity contribution in [2.24, 2.45) is 11.8 Å². The standard InChI is InChI=1S/C36H48N2O6S2/c39-33(40)21-19-27(23-25-11-3-1-4-12-25)37-35(43)29-15-7-9-17-31(29)45-46-32-18-10-8-16-30(32)36(44)38-28(20-22-34(41)42)24-26-13-5-2-6-14-26/h7-10,15-18,25-28H,1-6,11-14,19-24H2,(H,37,43)(H,38,44)(H,39,40)(H,41,42)/t27-,28-/m1/s1. The van der Waals surface area contributed by atoms with Gasteiger partial charge in [-0.15, -0.1) is 0 Å². The number of aliphatic carboxylic acids is 2. The molecule has 250 valence electrons. The summed E-state index contributed by atoms with van der Waals surface area (Å²) < 4.78 is 0. The molecular weight excluding hydrogens is 621 g/mol. The van der Waals surface area contributed by atoms with Crippen molar-refractivity contribution < 1.29 is 29.4 Å². The lowest BCUT2D eigenvalue weighted by molar-refractivity contribution is -0.138. The fraction of sp³-hybridized carbons (Fsp3) is 0.556. The third-order valence-corrected chi connectivity index (χ3v) is 11.7. The van der Waals surface area contributed by atoms with Gasteiger partial charge >= 0.3 is 11.9 Å². The Labute approximate surface area is 280 Å². The predicted octanol–water partition coefficient (Wildman–Crippen LogP) is 8.35. The molecule has 0 aromatic heterocycles. The molecule has 2 atom stereocenters. The van der Waals surface area contributed by atoms with E-state index in [1.165, 1.54) is 60.1 Å². The van der Waals surface area contributed by atoms with Crippen LogP contribution in [0.5, 0.6) is 0 Å². The molecule has 2 fully saturated rings. The molecule has 0 aliphatic heterocycles. The van der Waals surface area contributed by atoms with Gasteiger partial charge in [0.1, 0.15) is 0 Å². The van der Waals surface area contributed by atoms with Crippen molar-refractivity contribution in [3.05, 3.63) is 59.7 Å². The summed E-state index contributed by atoms with van der Waals surface area (Å²) in [5.41, 5.74) is 1.04. The van der Waals surface area contributed by atoms with Crippen LogP contribution in [0.25, 0.3) is 0 Å². The molecule has 0 heterocycles. The number of nitrogens with one attached hydrogen (secondary N) is 2. The van der Waals surface area contributed by atoms with Crippen molar-refractivity contribution in [2.75, 3.05) is 0 Å². The van der Waals surface area contributed by atoms with Crippen LogP contribution in [0, 0.1) is 11.8 Å². The van der Waals surface area contributed by atoms with Crippen LogP contribution in [0.2, 0.25) is 0 Å². The molecule has 2 aliphatic carbocycles. The van der Waals surface area contributed by atoms with Crippen LogP contribution in [0.4, 0.5) is 0 Å². The number of carbonyl (C=O) groups is 4. The molecular formula is C36H48N2O6S2. The van der Waals surface area contributed by atoms with Gasteiger partial charge in [-0.1, -0.05) is 110 Å². The van der Waals surface area contributed by atoms with Crippen LogP contribution < -0.4 is 10.6 Å². The van der Waals surface area contributed by atoms with E-state index in [4.69, 9.17) is 0 Å². The number of rotatable bonds is 17. The molecule has 2 saturated carbocycles. The maximum Gasteiger partial charge on any atom is 0.303 e. The smallest absolute Gasteiger partial charge is 0.303 e. The topological polar surface area (TPSA) is 133 Å². The van der Waals surface area contributed by atoms with Gasteiger partial charge in [-0.2, -0.15) is 0 Å². The monoisotopic (exact) mass is 668 g/mol. The van der Waals surface area contributed by atoms with E-state index in [2.05, 4.69) is 10.6 Å². The zero-order valence-corrected chi connectivity index (χ0v) is 28.2. The van der Waals surface area contributed by atoms with E-state index in [0.29, 0.717) is 35.8 Å². The molecule has 0 spiro atoms. The summed E-state index contributed by atoms with van der Waals surface area (Å²) in [5.74, 6) is -1.15. The molecule has 46 heavy (non-hydrogen) atoms. The Morgan fingerprint density at radius 2 is 0.978 bits per heavy atom. The van der Waals surface area contributed by atoms with Crippen molar-refractivity contribution >= 4 is 45.3 Å². The average molecular weight is 669 g/mol. The van der Waals surface area contributed by atoms with Gasteiger partial charge in [-0.05, 0) is 61.8 Å². The molecule has 0 saturated heterocycles. The third kappa shape index (κ3) is 12.0. The molecule has 8 nitrogen and oxygen atoms in total. The van der Waals surface area contributed by atoms with Crippen molar-refractivity contribution in [2.45, 2.75) is 125 Å². The Morgan fingerprint density at radius 1 is 0.609 bits per heavy atom. The Balaban J connectivity index is 1.42. The van der Waals surface area contributed by atoms with Crippen LogP contribution in [-0.2, 0) is 9.59 Å². The van der Waals surface area contributed by atoms with Crippen LogP contribution >= 0.6 is 21.6 Å². The summed E-state index contributed by atoms with van der Waals surface area (Å²) in [6, 6.07) is 14.3. The van der Waals surface area contributed by atoms with Gasteiger partial charge in [0.25, 0.3) is 11.8 Å². The Morgan fingerprint density at radius 3 is 1.35 bits per heavy atom. The first-order valence-electron chi connectivity index (χ1n) is 16.9. The highest BCUT2D eigenvalue weighted by Crippen LogP contribution is 2.41. The summed E-state index contributed by atoms with van der Waals surface area (Å²) in [6.45, 7) is 0. The lowest BCUT2D eigenvalue weighted by Crippen LogP contribution is -2.37. The van der Waals surface area contributed by atoms with E-state index < -0.39 is 11.9 Å².